The zero-order chi connectivity index (χ0) is 14.6. The quantitative estimate of drug-likeness (QED) is 0.511. The maximum atomic E-state index is 11.2. The molecule has 0 bridgehead atoms. The number of anilines is 1. The summed E-state index contributed by atoms with van der Waals surface area (Å²) in [4.78, 5) is 11.2. The van der Waals surface area contributed by atoms with E-state index in [4.69, 9.17) is 5.73 Å². The third-order valence-electron chi connectivity index (χ3n) is 3.12. The number of carbonyl (C=O) groups excluding carboxylic acids is 1. The normalized spacial score (nSPS) is 11.5. The van der Waals surface area contributed by atoms with Crippen molar-refractivity contribution in [2.24, 2.45) is 0 Å². The molecule has 0 aromatic heterocycles. The van der Waals surface area contributed by atoms with Gasteiger partial charge in [-0.25, -0.2) is 4.79 Å². The van der Waals surface area contributed by atoms with E-state index in [1.165, 1.54) is 13.2 Å². The van der Waals surface area contributed by atoms with Crippen LogP contribution in [0.15, 0.2) is 18.2 Å². The van der Waals surface area contributed by atoms with E-state index in [-0.39, 0.29) is 5.97 Å². The maximum absolute atomic E-state index is 11.2. The van der Waals surface area contributed by atoms with Crippen molar-refractivity contribution in [3.05, 3.63) is 34.9 Å². The Kier molecular flexibility index (Phi) is 5.16. The van der Waals surface area contributed by atoms with Gasteiger partial charge in [0, 0.05) is 11.8 Å². The Bertz CT molecular complexity index is 459. The lowest BCUT2D eigenvalue weighted by molar-refractivity contribution is -0.134. The molecule has 0 amide bonds. The first-order valence-corrected chi connectivity index (χ1v) is 6.56. The van der Waals surface area contributed by atoms with Crippen molar-refractivity contribution in [2.75, 3.05) is 12.8 Å². The van der Waals surface area contributed by atoms with Gasteiger partial charge < -0.3 is 10.5 Å². The first kappa shape index (κ1) is 15.3. The van der Waals surface area contributed by atoms with Crippen LogP contribution >= 0.6 is 0 Å². The molecule has 0 saturated carbocycles. The molecule has 0 radical (unpaired) electrons. The van der Waals surface area contributed by atoms with E-state index in [9.17, 15) is 4.79 Å². The molecule has 0 aliphatic carbocycles. The Labute approximate surface area is 115 Å². The number of esters is 1. The Morgan fingerprint density at radius 1 is 1.16 bits per heavy atom. The topological polar surface area (TPSA) is 52.3 Å². The number of rotatable bonds is 4. The molecule has 104 valence electrons. The number of nitrogens with two attached hydrogens (primary N) is 1. The molecule has 0 aliphatic rings. The zero-order valence-electron chi connectivity index (χ0n) is 12.4. The summed E-state index contributed by atoms with van der Waals surface area (Å²) in [5, 5.41) is 0. The average molecular weight is 261 g/mol. The van der Waals surface area contributed by atoms with Crippen LogP contribution in [0, 0.1) is 0 Å². The fourth-order valence-corrected chi connectivity index (χ4v) is 2.01. The molecule has 0 saturated heterocycles. The van der Waals surface area contributed by atoms with E-state index >= 15 is 0 Å². The summed E-state index contributed by atoms with van der Waals surface area (Å²) >= 11 is 0. The van der Waals surface area contributed by atoms with Crippen molar-refractivity contribution in [2.45, 2.75) is 39.5 Å². The van der Waals surface area contributed by atoms with Crippen molar-refractivity contribution in [3.8, 4) is 0 Å². The molecule has 1 aromatic rings. The highest BCUT2D eigenvalue weighted by molar-refractivity contribution is 5.87. The third kappa shape index (κ3) is 3.85. The Hall–Kier alpha value is -1.77. The van der Waals surface area contributed by atoms with Crippen LogP contribution in [0.1, 0.15) is 56.2 Å². The molecular weight excluding hydrogens is 238 g/mol. The smallest absolute Gasteiger partial charge is 0.330 e. The molecule has 19 heavy (non-hydrogen) atoms. The van der Waals surface area contributed by atoms with Gasteiger partial charge in [0.1, 0.15) is 0 Å². The number of hydrogen-bond donors (Lipinski definition) is 1. The van der Waals surface area contributed by atoms with E-state index in [1.54, 1.807) is 6.08 Å². The lowest BCUT2D eigenvalue weighted by Crippen LogP contribution is -2.04. The van der Waals surface area contributed by atoms with Gasteiger partial charge in [-0.3, -0.25) is 0 Å². The van der Waals surface area contributed by atoms with Crippen molar-refractivity contribution in [1.29, 1.82) is 0 Å². The van der Waals surface area contributed by atoms with Gasteiger partial charge in [-0.15, -0.1) is 0 Å². The largest absolute Gasteiger partial charge is 0.466 e. The predicted molar refractivity (Wildman–Crippen MR) is 80.1 cm³/mol. The van der Waals surface area contributed by atoms with Gasteiger partial charge in [0.2, 0.25) is 0 Å². The number of nitrogen functional groups attached to an aromatic ring is 1. The van der Waals surface area contributed by atoms with Crippen LogP contribution in [0.5, 0.6) is 0 Å². The van der Waals surface area contributed by atoms with Crippen LogP contribution in [0.4, 0.5) is 5.69 Å². The van der Waals surface area contributed by atoms with Gasteiger partial charge in [0.15, 0.2) is 0 Å². The molecule has 1 rings (SSSR count). The molecule has 1 aromatic carbocycles. The molecule has 0 aliphatic heterocycles. The van der Waals surface area contributed by atoms with E-state index in [2.05, 4.69) is 32.4 Å². The van der Waals surface area contributed by atoms with Gasteiger partial charge in [-0.1, -0.05) is 27.7 Å². The highest BCUT2D eigenvalue weighted by Gasteiger charge is 2.12. The van der Waals surface area contributed by atoms with Crippen LogP contribution in [0.2, 0.25) is 0 Å². The minimum absolute atomic E-state index is 0.351. The molecule has 0 atom stereocenters. The van der Waals surface area contributed by atoms with Crippen LogP contribution < -0.4 is 5.73 Å². The van der Waals surface area contributed by atoms with Crippen LogP contribution in [0.3, 0.4) is 0 Å². The Morgan fingerprint density at radius 2 is 1.63 bits per heavy atom. The van der Waals surface area contributed by atoms with E-state index in [0.29, 0.717) is 11.8 Å². The summed E-state index contributed by atoms with van der Waals surface area (Å²) < 4.78 is 4.60. The number of hydrogen-bond acceptors (Lipinski definition) is 3. The number of methoxy groups -OCH3 is 1. The second-order valence-corrected chi connectivity index (χ2v) is 5.28. The maximum Gasteiger partial charge on any atom is 0.330 e. The number of benzene rings is 1. The number of ether oxygens (including phenoxy) is 1. The Balaban J connectivity index is 3.27. The lowest BCUT2D eigenvalue weighted by Gasteiger charge is -2.17. The van der Waals surface area contributed by atoms with E-state index in [0.717, 1.165) is 22.4 Å². The van der Waals surface area contributed by atoms with Crippen molar-refractivity contribution < 1.29 is 9.53 Å². The van der Waals surface area contributed by atoms with Crippen molar-refractivity contribution in [1.82, 2.24) is 0 Å². The summed E-state index contributed by atoms with van der Waals surface area (Å²) in [5.74, 6) is 0.349. The van der Waals surface area contributed by atoms with E-state index < -0.39 is 0 Å². The molecule has 3 heteroatoms. The Morgan fingerprint density at radius 3 is 2.00 bits per heavy atom. The van der Waals surface area contributed by atoms with Crippen molar-refractivity contribution in [3.63, 3.8) is 0 Å². The van der Waals surface area contributed by atoms with Gasteiger partial charge in [0.05, 0.1) is 7.11 Å². The zero-order valence-corrected chi connectivity index (χ0v) is 12.4. The van der Waals surface area contributed by atoms with Crippen molar-refractivity contribution >= 4 is 17.7 Å². The standard InChI is InChI=1S/C16H23NO2/c1-10(2)13-8-12(6-7-15(18)19-5)9-14(11(3)4)16(13)17/h6-11H,17H2,1-5H3. The SMILES string of the molecule is COC(=O)C=Cc1cc(C(C)C)c(N)c(C(C)C)c1. The van der Waals surface area contributed by atoms with Crippen LogP contribution in [0.25, 0.3) is 6.08 Å². The van der Waals surface area contributed by atoms with Crippen LogP contribution in [-0.2, 0) is 9.53 Å². The predicted octanol–water partition coefficient (Wildman–Crippen LogP) is 3.70. The highest BCUT2D eigenvalue weighted by Crippen LogP contribution is 2.31. The first-order chi connectivity index (χ1) is 8.86. The third-order valence-corrected chi connectivity index (χ3v) is 3.12. The summed E-state index contributed by atoms with van der Waals surface area (Å²) in [7, 11) is 1.37. The monoisotopic (exact) mass is 261 g/mol. The van der Waals surface area contributed by atoms with Gasteiger partial charge in [0.25, 0.3) is 0 Å². The van der Waals surface area contributed by atoms with Crippen LogP contribution in [-0.4, -0.2) is 13.1 Å². The average Bonchev–Trinajstić information content (AvgIpc) is 2.36. The molecule has 2 N–H and O–H groups in total. The first-order valence-electron chi connectivity index (χ1n) is 6.56. The second kappa shape index (κ2) is 6.41. The number of carbonyl (C=O) groups is 1. The fourth-order valence-electron chi connectivity index (χ4n) is 2.01. The molecular formula is C16H23NO2. The van der Waals surface area contributed by atoms with Gasteiger partial charge in [-0.05, 0) is 46.7 Å². The lowest BCUT2D eigenvalue weighted by atomic mass is 9.90. The summed E-state index contributed by atoms with van der Waals surface area (Å²) in [5.41, 5.74) is 10.3. The minimum Gasteiger partial charge on any atom is -0.466 e. The second-order valence-electron chi connectivity index (χ2n) is 5.28. The van der Waals surface area contributed by atoms with Gasteiger partial charge in [-0.2, -0.15) is 0 Å². The molecule has 0 unspecified atom stereocenters. The molecule has 3 nitrogen and oxygen atoms in total. The molecule has 0 fully saturated rings. The summed E-state index contributed by atoms with van der Waals surface area (Å²) in [6, 6.07) is 4.07. The fraction of sp³-hybridized carbons (Fsp3) is 0.438. The van der Waals surface area contributed by atoms with E-state index in [1.807, 2.05) is 12.1 Å². The molecule has 0 spiro atoms. The highest BCUT2D eigenvalue weighted by atomic mass is 16.5. The van der Waals surface area contributed by atoms with Gasteiger partial charge >= 0.3 is 5.97 Å². The summed E-state index contributed by atoms with van der Waals surface area (Å²) in [6.45, 7) is 8.46. The summed E-state index contributed by atoms with van der Waals surface area (Å²) in [6.07, 6.45) is 3.20. The molecule has 0 heterocycles. The minimum atomic E-state index is -0.353.